The van der Waals surface area contributed by atoms with E-state index in [0.717, 1.165) is 12.1 Å². The molecule has 0 saturated carbocycles. The highest BCUT2D eigenvalue weighted by atomic mass is 35.5. The normalized spacial score (nSPS) is 16.4. The number of nitrogens with one attached hydrogen (secondary N) is 1. The molecule has 1 N–H and O–H groups in total. The molecule has 22 heavy (non-hydrogen) atoms. The van der Waals surface area contributed by atoms with Gasteiger partial charge in [-0.3, -0.25) is 4.79 Å². The van der Waals surface area contributed by atoms with Crippen molar-refractivity contribution in [2.75, 3.05) is 19.6 Å². The number of benzene rings is 1. The molecule has 0 radical (unpaired) electrons. The van der Waals surface area contributed by atoms with Crippen molar-refractivity contribution in [3.63, 3.8) is 0 Å². The molecule has 0 aliphatic carbocycles. The Balaban J connectivity index is 0.00000242. The summed E-state index contributed by atoms with van der Waals surface area (Å²) >= 11 is 0. The van der Waals surface area contributed by atoms with Crippen LogP contribution < -0.4 is 5.32 Å². The van der Waals surface area contributed by atoms with Gasteiger partial charge in [0, 0.05) is 19.6 Å². The van der Waals surface area contributed by atoms with Gasteiger partial charge in [-0.15, -0.1) is 12.4 Å². The maximum Gasteiger partial charge on any atom is 0.416 e. The van der Waals surface area contributed by atoms with Gasteiger partial charge in [-0.25, -0.2) is 0 Å². The first-order chi connectivity index (χ1) is 9.84. The molecule has 1 aliphatic heterocycles. The van der Waals surface area contributed by atoms with Crippen LogP contribution in [0.2, 0.25) is 0 Å². The Hall–Kier alpha value is -1.27. The molecule has 124 valence electrons. The van der Waals surface area contributed by atoms with E-state index in [1.807, 2.05) is 6.92 Å². The van der Waals surface area contributed by atoms with E-state index in [1.54, 1.807) is 17.9 Å². The van der Waals surface area contributed by atoms with Crippen molar-refractivity contribution < 1.29 is 18.0 Å². The number of halogens is 4. The van der Waals surface area contributed by atoms with Gasteiger partial charge in [0.15, 0.2) is 0 Å². The SMILES string of the molecule is CCN(C(=O)C1CNC1)C(C)c1cccc(C(F)(F)F)c1.Cl. The standard InChI is InChI=1S/C15H19F3N2O.ClH/c1-3-20(14(21)12-8-19-9-12)10(2)11-5-4-6-13(7-11)15(16,17)18;/h4-7,10,12,19H,3,8-9H2,1-2H3;1H. The molecule has 1 saturated heterocycles. The molecular weight excluding hydrogens is 317 g/mol. The first kappa shape index (κ1) is 18.8. The molecule has 0 aromatic heterocycles. The van der Waals surface area contributed by atoms with Gasteiger partial charge in [-0.05, 0) is 31.5 Å². The van der Waals surface area contributed by atoms with Gasteiger partial charge in [0.2, 0.25) is 5.91 Å². The van der Waals surface area contributed by atoms with Gasteiger partial charge in [-0.1, -0.05) is 12.1 Å². The maximum atomic E-state index is 12.8. The number of alkyl halides is 3. The van der Waals surface area contributed by atoms with Crippen molar-refractivity contribution in [1.82, 2.24) is 10.2 Å². The number of nitrogens with zero attached hydrogens (tertiary/aromatic N) is 1. The van der Waals surface area contributed by atoms with E-state index in [-0.39, 0.29) is 30.3 Å². The lowest BCUT2D eigenvalue weighted by Gasteiger charge is -2.35. The number of hydrogen-bond donors (Lipinski definition) is 1. The minimum absolute atomic E-state index is 0. The third-order valence-electron chi connectivity index (χ3n) is 3.92. The lowest BCUT2D eigenvalue weighted by Crippen LogP contribution is -2.52. The van der Waals surface area contributed by atoms with Gasteiger partial charge in [0.05, 0.1) is 17.5 Å². The summed E-state index contributed by atoms with van der Waals surface area (Å²) in [5.41, 5.74) is -0.173. The molecule has 1 aromatic carbocycles. The smallest absolute Gasteiger partial charge is 0.336 e. The number of rotatable bonds is 4. The van der Waals surface area contributed by atoms with E-state index in [4.69, 9.17) is 0 Å². The monoisotopic (exact) mass is 336 g/mol. The van der Waals surface area contributed by atoms with E-state index in [9.17, 15) is 18.0 Å². The van der Waals surface area contributed by atoms with Crippen LogP contribution in [0, 0.1) is 5.92 Å². The third kappa shape index (κ3) is 3.93. The molecule has 1 unspecified atom stereocenters. The second-order valence-corrected chi connectivity index (χ2v) is 5.28. The van der Waals surface area contributed by atoms with Crippen LogP contribution in [0.15, 0.2) is 24.3 Å². The second kappa shape index (κ2) is 7.33. The Morgan fingerprint density at radius 1 is 1.41 bits per heavy atom. The average molecular weight is 337 g/mol. The van der Waals surface area contributed by atoms with Crippen LogP contribution in [0.4, 0.5) is 13.2 Å². The molecule has 1 aliphatic rings. The summed E-state index contributed by atoms with van der Waals surface area (Å²) in [5, 5.41) is 3.03. The summed E-state index contributed by atoms with van der Waals surface area (Å²) < 4.78 is 38.3. The molecule has 7 heteroatoms. The summed E-state index contributed by atoms with van der Waals surface area (Å²) in [5.74, 6) is -0.0561. The second-order valence-electron chi connectivity index (χ2n) is 5.28. The summed E-state index contributed by atoms with van der Waals surface area (Å²) in [6.07, 6.45) is -4.37. The van der Waals surface area contributed by atoms with Gasteiger partial charge >= 0.3 is 6.18 Å². The molecule has 1 atom stereocenters. The first-order valence-electron chi connectivity index (χ1n) is 7.03. The Labute approximate surface area is 134 Å². The lowest BCUT2D eigenvalue weighted by atomic mass is 9.98. The number of carbonyl (C=O) groups is 1. The highest BCUT2D eigenvalue weighted by molar-refractivity contribution is 5.85. The van der Waals surface area contributed by atoms with Crippen molar-refractivity contribution in [2.24, 2.45) is 5.92 Å². The Kier molecular flexibility index (Phi) is 6.26. The zero-order chi connectivity index (χ0) is 15.6. The van der Waals surface area contributed by atoms with Crippen LogP contribution in [0.5, 0.6) is 0 Å². The zero-order valence-electron chi connectivity index (χ0n) is 12.5. The zero-order valence-corrected chi connectivity index (χ0v) is 13.3. The minimum atomic E-state index is -4.37. The first-order valence-corrected chi connectivity index (χ1v) is 7.03. The van der Waals surface area contributed by atoms with Gasteiger partial charge in [-0.2, -0.15) is 13.2 Å². The van der Waals surface area contributed by atoms with Crippen molar-refractivity contribution >= 4 is 18.3 Å². The van der Waals surface area contributed by atoms with Gasteiger partial charge < -0.3 is 10.2 Å². The van der Waals surface area contributed by atoms with Crippen molar-refractivity contribution in [1.29, 1.82) is 0 Å². The van der Waals surface area contributed by atoms with E-state index in [1.165, 1.54) is 6.07 Å². The number of amides is 1. The molecule has 1 heterocycles. The highest BCUT2D eigenvalue weighted by Crippen LogP contribution is 2.32. The molecule has 1 fully saturated rings. The Morgan fingerprint density at radius 2 is 2.05 bits per heavy atom. The average Bonchev–Trinajstić information content (AvgIpc) is 2.36. The van der Waals surface area contributed by atoms with Crippen LogP contribution in [0.1, 0.15) is 31.0 Å². The third-order valence-corrected chi connectivity index (χ3v) is 3.92. The van der Waals surface area contributed by atoms with E-state index < -0.39 is 11.7 Å². The minimum Gasteiger partial charge on any atom is -0.336 e. The van der Waals surface area contributed by atoms with Crippen molar-refractivity contribution in [2.45, 2.75) is 26.1 Å². The van der Waals surface area contributed by atoms with Crippen LogP contribution in [0.25, 0.3) is 0 Å². The predicted molar refractivity (Wildman–Crippen MR) is 80.9 cm³/mol. The number of carbonyl (C=O) groups excluding carboxylic acids is 1. The summed E-state index contributed by atoms with van der Waals surface area (Å²) in [4.78, 5) is 14.0. The predicted octanol–water partition coefficient (Wildman–Crippen LogP) is 3.26. The van der Waals surface area contributed by atoms with Gasteiger partial charge in [0.1, 0.15) is 0 Å². The topological polar surface area (TPSA) is 32.3 Å². The Bertz CT molecular complexity index is 518. The summed E-state index contributed by atoms with van der Waals surface area (Å²) in [7, 11) is 0. The van der Waals surface area contributed by atoms with Crippen molar-refractivity contribution in [3.8, 4) is 0 Å². The molecule has 0 spiro atoms. The molecule has 1 aromatic rings. The summed E-state index contributed by atoms with van der Waals surface area (Å²) in [6, 6.07) is 4.82. The fourth-order valence-electron chi connectivity index (χ4n) is 2.47. The maximum absolute atomic E-state index is 12.8. The fraction of sp³-hybridized carbons (Fsp3) is 0.533. The van der Waals surface area contributed by atoms with Crippen LogP contribution in [0.3, 0.4) is 0 Å². The van der Waals surface area contributed by atoms with Crippen LogP contribution in [-0.4, -0.2) is 30.4 Å². The molecule has 1 amide bonds. The fourth-order valence-corrected chi connectivity index (χ4v) is 2.47. The molecule has 2 rings (SSSR count). The van der Waals surface area contributed by atoms with Crippen LogP contribution >= 0.6 is 12.4 Å². The number of hydrogen-bond acceptors (Lipinski definition) is 2. The largest absolute Gasteiger partial charge is 0.416 e. The van der Waals surface area contributed by atoms with Crippen molar-refractivity contribution in [3.05, 3.63) is 35.4 Å². The lowest BCUT2D eigenvalue weighted by molar-refractivity contribution is -0.139. The van der Waals surface area contributed by atoms with Crippen LogP contribution in [-0.2, 0) is 11.0 Å². The highest BCUT2D eigenvalue weighted by Gasteiger charge is 2.33. The molecular formula is C15H20ClF3N2O. The molecule has 3 nitrogen and oxygen atoms in total. The quantitative estimate of drug-likeness (QED) is 0.915. The molecule has 0 bridgehead atoms. The van der Waals surface area contributed by atoms with Gasteiger partial charge in [0.25, 0.3) is 0 Å². The van der Waals surface area contributed by atoms with E-state index in [0.29, 0.717) is 25.2 Å². The van der Waals surface area contributed by atoms with E-state index >= 15 is 0 Å². The van der Waals surface area contributed by atoms with E-state index in [2.05, 4.69) is 5.32 Å². The summed E-state index contributed by atoms with van der Waals surface area (Å²) in [6.45, 7) is 5.37. The Morgan fingerprint density at radius 3 is 2.50 bits per heavy atom.